The molecule has 1 aliphatic rings. The molecule has 1 aromatic rings. The maximum Gasteiger partial charge on any atom is 0.311 e. The third-order valence-electron chi connectivity index (χ3n) is 2.86. The molecule has 1 saturated heterocycles. The van der Waals surface area contributed by atoms with Crippen molar-refractivity contribution in [1.82, 2.24) is 0 Å². The normalized spacial score (nSPS) is 17.9. The zero-order valence-corrected chi connectivity index (χ0v) is 9.96. The van der Waals surface area contributed by atoms with Gasteiger partial charge in [0.25, 0.3) is 0 Å². The summed E-state index contributed by atoms with van der Waals surface area (Å²) in [7, 11) is 0. The average Bonchev–Trinajstić information content (AvgIpc) is 2.58. The van der Waals surface area contributed by atoms with Crippen molar-refractivity contribution in [2.24, 2.45) is 0 Å². The quantitative estimate of drug-likeness (QED) is 0.673. The minimum absolute atomic E-state index is 0.117. The van der Waals surface area contributed by atoms with Crippen molar-refractivity contribution >= 4 is 12.0 Å². The molecule has 0 bridgehead atoms. The van der Waals surface area contributed by atoms with E-state index in [9.17, 15) is 4.79 Å². The van der Waals surface area contributed by atoms with Gasteiger partial charge in [-0.3, -0.25) is 4.79 Å². The summed E-state index contributed by atoms with van der Waals surface area (Å²) in [6, 6.07) is 4.30. The van der Waals surface area contributed by atoms with Crippen LogP contribution in [0.25, 0.3) is 6.08 Å². The highest BCUT2D eigenvalue weighted by atomic mass is 16.5. The fraction of sp³-hybridized carbons (Fsp3) is 0.357. The Morgan fingerprint density at radius 2 is 1.75 bits per heavy atom. The first-order valence-corrected chi connectivity index (χ1v) is 5.55. The summed E-state index contributed by atoms with van der Waals surface area (Å²) in [5.74, 6) is 0.675. The number of benzene rings is 1. The fourth-order valence-electron chi connectivity index (χ4n) is 2.16. The van der Waals surface area contributed by atoms with Gasteiger partial charge in [0.15, 0.2) is 0 Å². The Labute approximate surface area is 95.9 Å². The van der Waals surface area contributed by atoms with E-state index in [1.165, 1.54) is 22.3 Å². The Hall–Kier alpha value is -1.57. The molecule has 0 unspecified atom stereocenters. The fourth-order valence-corrected chi connectivity index (χ4v) is 2.16. The molecule has 0 amide bonds. The van der Waals surface area contributed by atoms with E-state index in [1.807, 2.05) is 6.08 Å². The van der Waals surface area contributed by atoms with Crippen molar-refractivity contribution in [3.8, 4) is 0 Å². The molecule has 16 heavy (non-hydrogen) atoms. The molecule has 1 fully saturated rings. The van der Waals surface area contributed by atoms with E-state index in [4.69, 9.17) is 4.74 Å². The Kier molecular flexibility index (Phi) is 2.82. The molecule has 84 valence electrons. The third-order valence-corrected chi connectivity index (χ3v) is 2.86. The van der Waals surface area contributed by atoms with Gasteiger partial charge in [0, 0.05) is 6.42 Å². The van der Waals surface area contributed by atoms with Gasteiger partial charge < -0.3 is 4.74 Å². The van der Waals surface area contributed by atoms with Crippen LogP contribution in [0.3, 0.4) is 0 Å². The highest BCUT2D eigenvalue weighted by molar-refractivity contribution is 5.76. The SMILES string of the molecule is Cc1cc(C)c(/C=C2\CCC(=O)O2)c(C)c1. The highest BCUT2D eigenvalue weighted by Gasteiger charge is 2.17. The third kappa shape index (κ3) is 2.16. The molecule has 0 aliphatic carbocycles. The molecule has 1 heterocycles. The first-order valence-electron chi connectivity index (χ1n) is 5.55. The summed E-state index contributed by atoms with van der Waals surface area (Å²) in [4.78, 5) is 11.0. The number of carbonyl (C=O) groups excluding carboxylic acids is 1. The van der Waals surface area contributed by atoms with E-state index < -0.39 is 0 Å². The van der Waals surface area contributed by atoms with Crippen LogP contribution in [0.1, 0.15) is 35.1 Å². The van der Waals surface area contributed by atoms with E-state index in [0.29, 0.717) is 6.42 Å². The topological polar surface area (TPSA) is 26.3 Å². The molecular formula is C14H16O2. The van der Waals surface area contributed by atoms with E-state index in [0.717, 1.165) is 12.2 Å². The second kappa shape index (κ2) is 4.12. The van der Waals surface area contributed by atoms with Crippen LogP contribution in [0.5, 0.6) is 0 Å². The molecule has 1 aliphatic heterocycles. The molecule has 2 heteroatoms. The predicted octanol–water partition coefficient (Wildman–Crippen LogP) is 3.29. The van der Waals surface area contributed by atoms with Crippen molar-refractivity contribution in [3.05, 3.63) is 40.1 Å². The number of esters is 1. The molecule has 0 aromatic heterocycles. The van der Waals surface area contributed by atoms with Gasteiger partial charge in [-0.05, 0) is 43.5 Å². The lowest BCUT2D eigenvalue weighted by atomic mass is 9.99. The summed E-state index contributed by atoms with van der Waals surface area (Å²) in [5, 5.41) is 0. The van der Waals surface area contributed by atoms with E-state index in [2.05, 4.69) is 32.9 Å². The number of carbonyl (C=O) groups is 1. The van der Waals surface area contributed by atoms with Gasteiger partial charge in [0.05, 0.1) is 6.42 Å². The molecule has 0 spiro atoms. The number of ether oxygens (including phenoxy) is 1. The van der Waals surface area contributed by atoms with Gasteiger partial charge in [-0.25, -0.2) is 0 Å². The van der Waals surface area contributed by atoms with Crippen LogP contribution in [-0.2, 0) is 9.53 Å². The number of cyclic esters (lactones) is 1. The molecule has 0 atom stereocenters. The Morgan fingerprint density at radius 1 is 1.12 bits per heavy atom. The smallest absolute Gasteiger partial charge is 0.311 e. The van der Waals surface area contributed by atoms with Crippen LogP contribution in [0.2, 0.25) is 0 Å². The molecule has 1 aromatic carbocycles. The van der Waals surface area contributed by atoms with Crippen LogP contribution >= 0.6 is 0 Å². The number of rotatable bonds is 1. The van der Waals surface area contributed by atoms with Crippen molar-refractivity contribution in [2.45, 2.75) is 33.6 Å². The molecule has 0 radical (unpaired) electrons. The second-order valence-electron chi connectivity index (χ2n) is 4.40. The molecule has 2 rings (SSSR count). The molecular weight excluding hydrogens is 200 g/mol. The van der Waals surface area contributed by atoms with Crippen molar-refractivity contribution < 1.29 is 9.53 Å². The number of allylic oxidation sites excluding steroid dienone is 1. The monoisotopic (exact) mass is 216 g/mol. The summed E-state index contributed by atoms with van der Waals surface area (Å²) >= 11 is 0. The summed E-state index contributed by atoms with van der Waals surface area (Å²) < 4.78 is 5.13. The maximum absolute atomic E-state index is 11.0. The van der Waals surface area contributed by atoms with Gasteiger partial charge in [0.1, 0.15) is 5.76 Å². The number of hydrogen-bond acceptors (Lipinski definition) is 2. The first-order chi connectivity index (χ1) is 7.56. The standard InChI is InChI=1S/C14H16O2/c1-9-6-10(2)13(11(3)7-9)8-12-4-5-14(15)16-12/h6-8H,4-5H2,1-3H3/b12-8+. The van der Waals surface area contributed by atoms with Crippen molar-refractivity contribution in [3.63, 3.8) is 0 Å². The van der Waals surface area contributed by atoms with Crippen molar-refractivity contribution in [2.75, 3.05) is 0 Å². The maximum atomic E-state index is 11.0. The zero-order valence-electron chi connectivity index (χ0n) is 9.96. The van der Waals surface area contributed by atoms with Crippen LogP contribution < -0.4 is 0 Å². The average molecular weight is 216 g/mol. The summed E-state index contributed by atoms with van der Waals surface area (Å²) in [6.07, 6.45) is 3.23. The van der Waals surface area contributed by atoms with Crippen LogP contribution in [-0.4, -0.2) is 5.97 Å². The van der Waals surface area contributed by atoms with Gasteiger partial charge in [-0.15, -0.1) is 0 Å². The number of aryl methyl sites for hydroxylation is 3. The van der Waals surface area contributed by atoms with Crippen LogP contribution in [0, 0.1) is 20.8 Å². The molecule has 0 saturated carbocycles. The lowest BCUT2D eigenvalue weighted by Gasteiger charge is -2.08. The minimum atomic E-state index is -0.117. The molecule has 0 N–H and O–H groups in total. The van der Waals surface area contributed by atoms with Gasteiger partial charge >= 0.3 is 5.97 Å². The first kappa shape index (κ1) is 10.9. The zero-order chi connectivity index (χ0) is 11.7. The summed E-state index contributed by atoms with van der Waals surface area (Å²) in [5.41, 5.74) is 4.90. The van der Waals surface area contributed by atoms with E-state index >= 15 is 0 Å². The van der Waals surface area contributed by atoms with Crippen LogP contribution in [0.4, 0.5) is 0 Å². The van der Waals surface area contributed by atoms with Gasteiger partial charge in [-0.1, -0.05) is 17.7 Å². The Morgan fingerprint density at radius 3 is 2.25 bits per heavy atom. The van der Waals surface area contributed by atoms with Gasteiger partial charge in [-0.2, -0.15) is 0 Å². The highest BCUT2D eigenvalue weighted by Crippen LogP contribution is 2.24. The van der Waals surface area contributed by atoms with Crippen LogP contribution in [0.15, 0.2) is 17.9 Å². The predicted molar refractivity (Wildman–Crippen MR) is 64.0 cm³/mol. The summed E-state index contributed by atoms with van der Waals surface area (Å²) in [6.45, 7) is 6.26. The molecule has 2 nitrogen and oxygen atoms in total. The lowest BCUT2D eigenvalue weighted by Crippen LogP contribution is -1.92. The lowest BCUT2D eigenvalue weighted by molar-refractivity contribution is -0.135. The van der Waals surface area contributed by atoms with E-state index in [1.54, 1.807) is 0 Å². The van der Waals surface area contributed by atoms with Gasteiger partial charge in [0.2, 0.25) is 0 Å². The second-order valence-corrected chi connectivity index (χ2v) is 4.40. The van der Waals surface area contributed by atoms with Crippen molar-refractivity contribution in [1.29, 1.82) is 0 Å². The Balaban J connectivity index is 2.38. The number of hydrogen-bond donors (Lipinski definition) is 0. The largest absolute Gasteiger partial charge is 0.431 e. The van der Waals surface area contributed by atoms with E-state index in [-0.39, 0.29) is 5.97 Å². The Bertz CT molecular complexity index is 447. The minimum Gasteiger partial charge on any atom is -0.431 e.